The van der Waals surface area contributed by atoms with Crippen LogP contribution < -0.4 is 10.2 Å². The van der Waals surface area contributed by atoms with Gasteiger partial charge in [-0.3, -0.25) is 4.99 Å². The molecule has 0 radical (unpaired) electrons. The third kappa shape index (κ3) is 3.82. The van der Waals surface area contributed by atoms with Crippen LogP contribution in [0.3, 0.4) is 0 Å². The number of aromatic nitrogens is 2. The molecule has 0 aliphatic carbocycles. The van der Waals surface area contributed by atoms with Gasteiger partial charge in [0.25, 0.3) is 0 Å². The number of amidine groups is 1. The van der Waals surface area contributed by atoms with Crippen LogP contribution in [0.1, 0.15) is 22.7 Å². The van der Waals surface area contributed by atoms with E-state index in [1.54, 1.807) is 0 Å². The molecule has 2 aliphatic heterocycles. The van der Waals surface area contributed by atoms with Crippen molar-refractivity contribution in [3.63, 3.8) is 0 Å². The number of fused-ring (bicyclic) bond motifs is 1. The summed E-state index contributed by atoms with van der Waals surface area (Å²) in [5.74, 6) is 1.70. The average Bonchev–Trinajstić information content (AvgIpc) is 2.94. The second-order valence-electron chi connectivity index (χ2n) is 8.41. The average molecular weight is 448 g/mol. The zero-order valence-corrected chi connectivity index (χ0v) is 18.8. The summed E-state index contributed by atoms with van der Waals surface area (Å²) < 4.78 is 5.61. The molecule has 4 aromatic rings. The van der Waals surface area contributed by atoms with Crippen molar-refractivity contribution in [1.29, 1.82) is 0 Å². The number of aliphatic imine (C=N–C) groups is 1. The molecule has 6 rings (SSSR count). The molecule has 6 heteroatoms. The van der Waals surface area contributed by atoms with E-state index in [1.165, 1.54) is 0 Å². The summed E-state index contributed by atoms with van der Waals surface area (Å²) in [5, 5.41) is 13.2. The highest BCUT2D eigenvalue weighted by atomic mass is 16.5. The Bertz CT molecular complexity index is 1300. The molecule has 0 spiro atoms. The summed E-state index contributed by atoms with van der Waals surface area (Å²) in [6.07, 6.45) is 0. The van der Waals surface area contributed by atoms with Gasteiger partial charge in [0.15, 0.2) is 5.82 Å². The molecule has 1 N–H and O–H groups in total. The fourth-order valence-electron chi connectivity index (χ4n) is 4.60. The third-order valence-electron chi connectivity index (χ3n) is 6.29. The van der Waals surface area contributed by atoms with Gasteiger partial charge < -0.3 is 15.0 Å². The number of morpholine rings is 1. The van der Waals surface area contributed by atoms with Crippen LogP contribution in [0.4, 0.5) is 11.5 Å². The molecule has 3 aromatic carbocycles. The summed E-state index contributed by atoms with van der Waals surface area (Å²) in [5.41, 5.74) is 6.04. The van der Waals surface area contributed by atoms with Gasteiger partial charge in [0, 0.05) is 24.2 Å². The summed E-state index contributed by atoms with van der Waals surface area (Å²) in [4.78, 5) is 7.50. The number of nitrogens with zero attached hydrogens (tertiary/aromatic N) is 4. The van der Waals surface area contributed by atoms with Crippen molar-refractivity contribution in [2.75, 3.05) is 36.5 Å². The van der Waals surface area contributed by atoms with E-state index in [1.807, 2.05) is 42.5 Å². The number of benzene rings is 3. The van der Waals surface area contributed by atoms with Gasteiger partial charge in [0.2, 0.25) is 0 Å². The van der Waals surface area contributed by atoms with Gasteiger partial charge in [0.05, 0.1) is 24.5 Å². The van der Waals surface area contributed by atoms with Crippen molar-refractivity contribution in [1.82, 2.24) is 10.2 Å². The number of hydrogen-bond donors (Lipinski definition) is 1. The molecule has 1 aromatic heterocycles. The Balaban J connectivity index is 1.60. The third-order valence-corrected chi connectivity index (χ3v) is 6.29. The molecule has 1 atom stereocenters. The van der Waals surface area contributed by atoms with E-state index in [0.717, 1.165) is 58.4 Å². The van der Waals surface area contributed by atoms with Crippen LogP contribution in [0.25, 0.3) is 11.3 Å². The highest BCUT2D eigenvalue weighted by Gasteiger charge is 2.33. The van der Waals surface area contributed by atoms with Gasteiger partial charge in [0.1, 0.15) is 17.6 Å². The van der Waals surface area contributed by atoms with Gasteiger partial charge in [-0.15, -0.1) is 10.2 Å². The van der Waals surface area contributed by atoms with Crippen molar-refractivity contribution in [2.45, 2.75) is 6.04 Å². The first-order chi connectivity index (χ1) is 16.9. The van der Waals surface area contributed by atoms with Crippen LogP contribution in [-0.2, 0) is 4.74 Å². The van der Waals surface area contributed by atoms with Crippen molar-refractivity contribution >= 4 is 17.3 Å². The van der Waals surface area contributed by atoms with Crippen LogP contribution >= 0.6 is 0 Å². The van der Waals surface area contributed by atoms with E-state index in [0.29, 0.717) is 13.2 Å². The van der Waals surface area contributed by atoms with E-state index in [4.69, 9.17) is 19.9 Å². The smallest absolute Gasteiger partial charge is 0.159 e. The molecule has 0 amide bonds. The molecule has 2 aliphatic rings. The topological polar surface area (TPSA) is 62.6 Å². The lowest BCUT2D eigenvalue weighted by molar-refractivity contribution is 0.122. The first-order valence-corrected chi connectivity index (χ1v) is 11.6. The molecule has 0 saturated carbocycles. The Morgan fingerprint density at radius 3 is 2.03 bits per heavy atom. The minimum Gasteiger partial charge on any atom is -0.378 e. The SMILES string of the molecule is c1ccc(C2=NC(c3ccccc3)c3c(N4CCOCC4)nnc(-c4ccccc4)c3N2)cc1. The van der Waals surface area contributed by atoms with Crippen LogP contribution in [0.15, 0.2) is 96.0 Å². The zero-order chi connectivity index (χ0) is 22.7. The lowest BCUT2D eigenvalue weighted by Crippen LogP contribution is -2.38. The predicted molar refractivity (Wildman–Crippen MR) is 135 cm³/mol. The maximum Gasteiger partial charge on any atom is 0.159 e. The highest BCUT2D eigenvalue weighted by molar-refractivity contribution is 6.12. The van der Waals surface area contributed by atoms with Crippen molar-refractivity contribution in [3.05, 3.63) is 108 Å². The predicted octanol–water partition coefficient (Wildman–Crippen LogP) is 4.94. The molecular formula is C28H25N5O. The molecule has 1 saturated heterocycles. The first kappa shape index (κ1) is 20.6. The van der Waals surface area contributed by atoms with E-state index in [2.05, 4.69) is 58.7 Å². The van der Waals surface area contributed by atoms with Crippen molar-refractivity contribution in [2.24, 2.45) is 4.99 Å². The molecule has 6 nitrogen and oxygen atoms in total. The standard InChI is InChI=1S/C28H25N5O/c1-4-10-20(11-5-1)24-23-26(30-27(29-24)22-14-8-3-9-15-22)25(21-12-6-2-7-13-21)31-32-28(23)33-16-18-34-19-17-33/h1-15,24H,16-19H2,(H,29,30). The molecule has 168 valence electrons. The summed E-state index contributed by atoms with van der Waals surface area (Å²) in [6.45, 7) is 2.92. The Morgan fingerprint density at radius 1 is 0.735 bits per heavy atom. The van der Waals surface area contributed by atoms with Gasteiger partial charge in [-0.05, 0) is 5.56 Å². The van der Waals surface area contributed by atoms with Gasteiger partial charge in [-0.25, -0.2) is 0 Å². The second kappa shape index (κ2) is 9.08. The van der Waals surface area contributed by atoms with Gasteiger partial charge in [-0.1, -0.05) is 91.0 Å². The molecule has 1 unspecified atom stereocenters. The van der Waals surface area contributed by atoms with Crippen LogP contribution in [0.5, 0.6) is 0 Å². The Hall–Kier alpha value is -4.03. The summed E-state index contributed by atoms with van der Waals surface area (Å²) in [7, 11) is 0. The number of ether oxygens (including phenoxy) is 1. The monoisotopic (exact) mass is 447 g/mol. The zero-order valence-electron chi connectivity index (χ0n) is 18.8. The lowest BCUT2D eigenvalue weighted by atomic mass is 9.93. The number of nitrogens with one attached hydrogen (secondary N) is 1. The summed E-state index contributed by atoms with van der Waals surface area (Å²) >= 11 is 0. The Kier molecular flexibility index (Phi) is 5.49. The number of anilines is 2. The molecule has 1 fully saturated rings. The van der Waals surface area contributed by atoms with E-state index in [9.17, 15) is 0 Å². The minimum atomic E-state index is -0.205. The van der Waals surface area contributed by atoms with Crippen molar-refractivity contribution in [3.8, 4) is 11.3 Å². The fourth-order valence-corrected chi connectivity index (χ4v) is 4.60. The molecular weight excluding hydrogens is 422 g/mol. The fraction of sp³-hybridized carbons (Fsp3) is 0.179. The number of rotatable bonds is 4. The van der Waals surface area contributed by atoms with Crippen LogP contribution in [-0.4, -0.2) is 42.3 Å². The maximum atomic E-state index is 5.61. The van der Waals surface area contributed by atoms with E-state index < -0.39 is 0 Å². The number of hydrogen-bond acceptors (Lipinski definition) is 6. The van der Waals surface area contributed by atoms with Gasteiger partial charge >= 0.3 is 0 Å². The Morgan fingerprint density at radius 2 is 1.35 bits per heavy atom. The normalized spacial score (nSPS) is 17.5. The van der Waals surface area contributed by atoms with Crippen LogP contribution in [0.2, 0.25) is 0 Å². The van der Waals surface area contributed by atoms with Crippen LogP contribution in [0, 0.1) is 0 Å². The van der Waals surface area contributed by atoms with Crippen molar-refractivity contribution < 1.29 is 4.74 Å². The lowest BCUT2D eigenvalue weighted by Gasteiger charge is -2.34. The molecule has 34 heavy (non-hydrogen) atoms. The first-order valence-electron chi connectivity index (χ1n) is 11.6. The second-order valence-corrected chi connectivity index (χ2v) is 8.41. The van der Waals surface area contributed by atoms with E-state index >= 15 is 0 Å². The van der Waals surface area contributed by atoms with Gasteiger partial charge in [-0.2, -0.15) is 0 Å². The quantitative estimate of drug-likeness (QED) is 0.480. The highest BCUT2D eigenvalue weighted by Crippen LogP contribution is 2.44. The Labute approximate surface area is 199 Å². The largest absolute Gasteiger partial charge is 0.378 e. The molecule has 3 heterocycles. The van der Waals surface area contributed by atoms with E-state index in [-0.39, 0.29) is 6.04 Å². The molecule has 0 bridgehead atoms. The maximum absolute atomic E-state index is 5.61. The minimum absolute atomic E-state index is 0.205. The summed E-state index contributed by atoms with van der Waals surface area (Å²) in [6, 6.07) is 30.7.